The Morgan fingerprint density at radius 1 is 1.41 bits per heavy atom. The predicted octanol–water partition coefficient (Wildman–Crippen LogP) is 1.99. The molecule has 2 rings (SSSR count). The first-order chi connectivity index (χ1) is 12.5. The van der Waals surface area contributed by atoms with Gasteiger partial charge in [-0.3, -0.25) is 14.9 Å². The Bertz CT molecular complexity index is 984. The quantitative estimate of drug-likeness (QED) is 0.430. The molecule has 1 N–H and O–H groups in total. The third kappa shape index (κ3) is 5.55. The lowest BCUT2D eigenvalue weighted by Crippen LogP contribution is -2.27. The van der Waals surface area contributed by atoms with Gasteiger partial charge in [-0.1, -0.05) is 11.3 Å². The fourth-order valence-electron chi connectivity index (χ4n) is 1.69. The number of hydrazone groups is 1. The SMILES string of the molecule is O=C(CS(=O)(=O)c1ccc(C(F)(F)F)cn1)NN=Cc1csc([N+](=O)[O-])c1. The average molecular weight is 422 g/mol. The van der Waals surface area contributed by atoms with Crippen LogP contribution in [0.3, 0.4) is 0 Å². The van der Waals surface area contributed by atoms with Crippen LogP contribution in [0, 0.1) is 10.1 Å². The standard InChI is InChI=1S/C13H9F3N4O5S2/c14-13(15,16)9-1-2-11(17-5-9)27(24,25)7-10(21)19-18-4-8-3-12(20(22)23)26-6-8/h1-6H,7H2,(H,19,21). The summed E-state index contributed by atoms with van der Waals surface area (Å²) in [4.78, 5) is 24.8. The van der Waals surface area contributed by atoms with Gasteiger partial charge in [0, 0.05) is 23.2 Å². The fraction of sp³-hybridized carbons (Fsp3) is 0.154. The zero-order valence-corrected chi connectivity index (χ0v) is 14.6. The van der Waals surface area contributed by atoms with Crippen LogP contribution in [0.2, 0.25) is 0 Å². The van der Waals surface area contributed by atoms with E-state index in [-0.39, 0.29) is 5.00 Å². The summed E-state index contributed by atoms with van der Waals surface area (Å²) < 4.78 is 61.3. The van der Waals surface area contributed by atoms with E-state index in [1.54, 1.807) is 0 Å². The molecule has 0 bridgehead atoms. The number of nitrogens with one attached hydrogen (secondary N) is 1. The van der Waals surface area contributed by atoms with Gasteiger partial charge in [0.1, 0.15) is 5.75 Å². The van der Waals surface area contributed by atoms with E-state index in [0.29, 0.717) is 23.9 Å². The average Bonchev–Trinajstić information content (AvgIpc) is 3.03. The van der Waals surface area contributed by atoms with Gasteiger partial charge in [-0.25, -0.2) is 18.8 Å². The number of hydrogen-bond donors (Lipinski definition) is 1. The van der Waals surface area contributed by atoms with Crippen LogP contribution >= 0.6 is 11.3 Å². The molecule has 144 valence electrons. The second kappa shape index (κ2) is 7.79. The lowest BCUT2D eigenvalue weighted by atomic mass is 10.3. The smallest absolute Gasteiger partial charge is 0.272 e. The van der Waals surface area contributed by atoms with Gasteiger partial charge < -0.3 is 0 Å². The monoisotopic (exact) mass is 422 g/mol. The van der Waals surface area contributed by atoms with Crippen molar-refractivity contribution in [3.05, 3.63) is 51.0 Å². The summed E-state index contributed by atoms with van der Waals surface area (Å²) in [6, 6.07) is 2.39. The molecule has 0 atom stereocenters. The zero-order valence-electron chi connectivity index (χ0n) is 13.0. The van der Waals surface area contributed by atoms with Gasteiger partial charge in [0.05, 0.1) is 16.7 Å². The van der Waals surface area contributed by atoms with Crippen molar-refractivity contribution in [1.82, 2.24) is 10.4 Å². The summed E-state index contributed by atoms with van der Waals surface area (Å²) in [6.07, 6.45) is -3.24. The molecule has 0 saturated carbocycles. The minimum absolute atomic E-state index is 0.140. The number of aromatic nitrogens is 1. The van der Waals surface area contributed by atoms with E-state index in [1.165, 1.54) is 11.4 Å². The first kappa shape index (κ1) is 20.4. The lowest BCUT2D eigenvalue weighted by Gasteiger charge is -2.07. The van der Waals surface area contributed by atoms with Crippen molar-refractivity contribution in [2.45, 2.75) is 11.2 Å². The number of hydrogen-bond acceptors (Lipinski definition) is 8. The third-order valence-electron chi connectivity index (χ3n) is 2.89. The maximum Gasteiger partial charge on any atom is 0.417 e. The molecule has 9 nitrogen and oxygen atoms in total. The molecule has 2 heterocycles. The van der Waals surface area contributed by atoms with Crippen molar-refractivity contribution < 1.29 is 31.3 Å². The molecule has 2 aromatic heterocycles. The molecule has 27 heavy (non-hydrogen) atoms. The number of thiophene rings is 1. The van der Waals surface area contributed by atoms with E-state index in [9.17, 15) is 36.5 Å². The van der Waals surface area contributed by atoms with Crippen LogP contribution < -0.4 is 5.43 Å². The highest BCUT2D eigenvalue weighted by molar-refractivity contribution is 7.92. The summed E-state index contributed by atoms with van der Waals surface area (Å²) in [5, 5.41) is 14.6. The highest BCUT2D eigenvalue weighted by Crippen LogP contribution is 2.28. The van der Waals surface area contributed by atoms with Crippen molar-refractivity contribution in [2.24, 2.45) is 5.10 Å². The van der Waals surface area contributed by atoms with Crippen molar-refractivity contribution in [1.29, 1.82) is 0 Å². The predicted molar refractivity (Wildman–Crippen MR) is 88.0 cm³/mol. The molecular formula is C13H9F3N4O5S2. The summed E-state index contributed by atoms with van der Waals surface area (Å²) in [6.45, 7) is 0. The summed E-state index contributed by atoms with van der Waals surface area (Å²) in [7, 11) is -4.28. The number of carbonyl (C=O) groups is 1. The molecule has 0 aliphatic heterocycles. The molecule has 14 heteroatoms. The number of pyridine rings is 1. The first-order valence-electron chi connectivity index (χ1n) is 6.80. The van der Waals surface area contributed by atoms with Gasteiger partial charge in [0.15, 0.2) is 5.03 Å². The number of sulfone groups is 1. The number of nitro groups is 1. The third-order valence-corrected chi connectivity index (χ3v) is 5.31. The maximum absolute atomic E-state index is 12.4. The number of carbonyl (C=O) groups excluding carboxylic acids is 1. The van der Waals surface area contributed by atoms with Gasteiger partial charge in [-0.15, -0.1) is 0 Å². The normalized spacial score (nSPS) is 12.3. The molecule has 0 spiro atoms. The van der Waals surface area contributed by atoms with E-state index < -0.39 is 43.2 Å². The number of amides is 1. The first-order valence-corrected chi connectivity index (χ1v) is 9.33. The molecule has 0 saturated heterocycles. The number of rotatable bonds is 6. The van der Waals surface area contributed by atoms with Gasteiger partial charge in [-0.05, 0) is 12.1 Å². The van der Waals surface area contributed by atoms with Crippen molar-refractivity contribution >= 4 is 38.3 Å². The van der Waals surface area contributed by atoms with Crippen LogP contribution in [0.15, 0.2) is 39.9 Å². The second-order valence-electron chi connectivity index (χ2n) is 4.91. The summed E-state index contributed by atoms with van der Waals surface area (Å²) >= 11 is 0.839. The minimum atomic E-state index is -4.67. The molecule has 0 aliphatic carbocycles. The Kier molecular flexibility index (Phi) is 5.90. The van der Waals surface area contributed by atoms with Gasteiger partial charge >= 0.3 is 11.2 Å². The van der Waals surface area contributed by atoms with Crippen LogP contribution in [-0.4, -0.2) is 36.2 Å². The fourth-order valence-corrected chi connectivity index (χ4v) is 3.41. The van der Waals surface area contributed by atoms with E-state index >= 15 is 0 Å². The molecule has 0 aliphatic rings. The van der Waals surface area contributed by atoms with Crippen LogP contribution in [-0.2, 0) is 20.8 Å². The topological polar surface area (TPSA) is 132 Å². The Morgan fingerprint density at radius 3 is 2.63 bits per heavy atom. The van der Waals surface area contributed by atoms with Crippen molar-refractivity contribution in [2.75, 3.05) is 5.75 Å². The Morgan fingerprint density at radius 2 is 2.11 bits per heavy atom. The summed E-state index contributed by atoms with van der Waals surface area (Å²) in [5.74, 6) is -2.15. The Labute approximate surface area is 153 Å². The van der Waals surface area contributed by atoms with Crippen LogP contribution in [0.5, 0.6) is 0 Å². The molecule has 2 aromatic rings. The molecule has 0 radical (unpaired) electrons. The molecular weight excluding hydrogens is 413 g/mol. The van der Waals surface area contributed by atoms with Gasteiger partial charge in [0.25, 0.3) is 5.91 Å². The molecule has 0 aromatic carbocycles. The van der Waals surface area contributed by atoms with Crippen LogP contribution in [0.25, 0.3) is 0 Å². The van der Waals surface area contributed by atoms with Crippen molar-refractivity contribution in [3.8, 4) is 0 Å². The molecule has 0 unspecified atom stereocenters. The highest BCUT2D eigenvalue weighted by atomic mass is 32.2. The largest absolute Gasteiger partial charge is 0.417 e. The Balaban J connectivity index is 1.99. The maximum atomic E-state index is 12.4. The number of nitrogens with zero attached hydrogens (tertiary/aromatic N) is 3. The van der Waals surface area contributed by atoms with E-state index in [0.717, 1.165) is 17.6 Å². The van der Waals surface area contributed by atoms with E-state index in [4.69, 9.17) is 0 Å². The number of alkyl halides is 3. The van der Waals surface area contributed by atoms with Gasteiger partial charge in [0.2, 0.25) is 9.84 Å². The molecule has 0 fully saturated rings. The zero-order chi connectivity index (χ0) is 20.2. The van der Waals surface area contributed by atoms with E-state index in [1.807, 2.05) is 5.43 Å². The van der Waals surface area contributed by atoms with Crippen molar-refractivity contribution in [3.63, 3.8) is 0 Å². The lowest BCUT2D eigenvalue weighted by molar-refractivity contribution is -0.380. The van der Waals surface area contributed by atoms with Gasteiger partial charge in [-0.2, -0.15) is 18.3 Å². The van der Waals surface area contributed by atoms with E-state index in [2.05, 4.69) is 10.1 Å². The Hall–Kier alpha value is -2.87. The van der Waals surface area contributed by atoms with Crippen LogP contribution in [0.1, 0.15) is 11.1 Å². The minimum Gasteiger partial charge on any atom is -0.272 e. The summed E-state index contributed by atoms with van der Waals surface area (Å²) in [5.41, 5.74) is 1.10. The highest BCUT2D eigenvalue weighted by Gasteiger charge is 2.31. The van der Waals surface area contributed by atoms with Crippen LogP contribution in [0.4, 0.5) is 18.2 Å². The number of halogens is 3. The second-order valence-corrected chi connectivity index (χ2v) is 7.74. The molecule has 1 amide bonds.